The van der Waals surface area contributed by atoms with Gasteiger partial charge < -0.3 is 14.8 Å². The standard InChI is InChI=1S/C15H20N6O3/c1-20-7-10(5-17-20)14-12-9-24-11(8-21(12)19-18-14)6-16-15(22)13-3-2-4-23-13/h5,7,11,13H,2-4,6,8-9H2,1H3,(H,16,22)/t11?,13-/m0/s1. The average Bonchev–Trinajstić information content (AvgIpc) is 3.32. The quantitative estimate of drug-likeness (QED) is 0.838. The highest BCUT2D eigenvalue weighted by Gasteiger charge is 2.27. The summed E-state index contributed by atoms with van der Waals surface area (Å²) in [5, 5.41) is 15.5. The maximum atomic E-state index is 12.0. The van der Waals surface area contributed by atoms with Gasteiger partial charge in [-0.15, -0.1) is 5.10 Å². The molecule has 0 bridgehead atoms. The zero-order valence-electron chi connectivity index (χ0n) is 13.5. The number of rotatable bonds is 4. The van der Waals surface area contributed by atoms with E-state index in [1.165, 1.54) is 0 Å². The van der Waals surface area contributed by atoms with E-state index in [4.69, 9.17) is 9.47 Å². The first kappa shape index (κ1) is 15.3. The van der Waals surface area contributed by atoms with E-state index in [0.717, 1.165) is 29.8 Å². The maximum Gasteiger partial charge on any atom is 0.249 e. The minimum absolute atomic E-state index is 0.0588. The van der Waals surface area contributed by atoms with Crippen molar-refractivity contribution in [1.29, 1.82) is 0 Å². The lowest BCUT2D eigenvalue weighted by atomic mass is 10.2. The molecule has 0 aromatic carbocycles. The van der Waals surface area contributed by atoms with Crippen molar-refractivity contribution in [1.82, 2.24) is 30.1 Å². The molecule has 0 spiro atoms. The summed E-state index contributed by atoms with van der Waals surface area (Å²) in [6, 6.07) is 0. The number of amides is 1. The van der Waals surface area contributed by atoms with Crippen LogP contribution in [-0.2, 0) is 34.5 Å². The van der Waals surface area contributed by atoms with E-state index >= 15 is 0 Å². The summed E-state index contributed by atoms with van der Waals surface area (Å²) >= 11 is 0. The van der Waals surface area contributed by atoms with E-state index in [9.17, 15) is 4.79 Å². The topological polar surface area (TPSA) is 96.1 Å². The van der Waals surface area contributed by atoms with E-state index in [-0.39, 0.29) is 18.1 Å². The smallest absolute Gasteiger partial charge is 0.249 e. The zero-order chi connectivity index (χ0) is 16.5. The number of carbonyl (C=O) groups is 1. The second-order valence-electron chi connectivity index (χ2n) is 6.15. The summed E-state index contributed by atoms with van der Waals surface area (Å²) in [6.07, 6.45) is 4.97. The fraction of sp³-hybridized carbons (Fsp3) is 0.600. The molecule has 4 heterocycles. The molecule has 4 rings (SSSR count). The lowest BCUT2D eigenvalue weighted by Gasteiger charge is -2.24. The molecular formula is C15H20N6O3. The molecule has 1 unspecified atom stereocenters. The van der Waals surface area contributed by atoms with Crippen molar-refractivity contribution in [3.8, 4) is 11.3 Å². The summed E-state index contributed by atoms with van der Waals surface area (Å²) in [5.74, 6) is -0.0588. The van der Waals surface area contributed by atoms with Crippen molar-refractivity contribution in [2.75, 3.05) is 13.2 Å². The Balaban J connectivity index is 1.38. The minimum atomic E-state index is -0.312. The molecule has 0 saturated carbocycles. The lowest BCUT2D eigenvalue weighted by molar-refractivity contribution is -0.131. The fourth-order valence-electron chi connectivity index (χ4n) is 3.07. The van der Waals surface area contributed by atoms with E-state index in [2.05, 4.69) is 20.7 Å². The summed E-state index contributed by atoms with van der Waals surface area (Å²) in [4.78, 5) is 12.0. The Morgan fingerprint density at radius 3 is 3.12 bits per heavy atom. The molecular weight excluding hydrogens is 312 g/mol. The van der Waals surface area contributed by atoms with Gasteiger partial charge >= 0.3 is 0 Å². The average molecular weight is 332 g/mol. The van der Waals surface area contributed by atoms with Crippen LogP contribution in [0.2, 0.25) is 0 Å². The third kappa shape index (κ3) is 2.92. The first-order chi connectivity index (χ1) is 11.7. The minimum Gasteiger partial charge on any atom is -0.368 e. The van der Waals surface area contributed by atoms with Crippen LogP contribution in [0.1, 0.15) is 18.5 Å². The van der Waals surface area contributed by atoms with Gasteiger partial charge in [-0.1, -0.05) is 5.21 Å². The molecule has 128 valence electrons. The van der Waals surface area contributed by atoms with Gasteiger partial charge in [0.25, 0.3) is 0 Å². The molecule has 1 N–H and O–H groups in total. The van der Waals surface area contributed by atoms with Gasteiger partial charge in [0, 0.05) is 32.0 Å². The van der Waals surface area contributed by atoms with Crippen molar-refractivity contribution in [3.63, 3.8) is 0 Å². The van der Waals surface area contributed by atoms with E-state index in [0.29, 0.717) is 26.3 Å². The Bertz CT molecular complexity index is 733. The molecule has 0 radical (unpaired) electrons. The van der Waals surface area contributed by atoms with Crippen LogP contribution in [0, 0.1) is 0 Å². The SMILES string of the molecule is Cn1cc(-c2nnn3c2COC(CNC(=O)[C@@H]2CCCO2)C3)cn1. The van der Waals surface area contributed by atoms with Crippen LogP contribution < -0.4 is 5.32 Å². The molecule has 2 aliphatic heterocycles. The Morgan fingerprint density at radius 1 is 1.46 bits per heavy atom. The maximum absolute atomic E-state index is 12.0. The van der Waals surface area contributed by atoms with Crippen molar-refractivity contribution >= 4 is 5.91 Å². The highest BCUT2D eigenvalue weighted by atomic mass is 16.5. The number of hydrogen-bond donors (Lipinski definition) is 1. The molecule has 9 heteroatoms. The van der Waals surface area contributed by atoms with Gasteiger partial charge in [-0.2, -0.15) is 5.10 Å². The van der Waals surface area contributed by atoms with Crippen LogP contribution in [0.25, 0.3) is 11.3 Å². The van der Waals surface area contributed by atoms with E-state index < -0.39 is 0 Å². The molecule has 24 heavy (non-hydrogen) atoms. The number of aryl methyl sites for hydroxylation is 1. The summed E-state index contributed by atoms with van der Waals surface area (Å²) in [6.45, 7) is 2.09. The second-order valence-corrected chi connectivity index (χ2v) is 6.15. The van der Waals surface area contributed by atoms with Crippen LogP contribution in [0.5, 0.6) is 0 Å². The molecule has 2 atom stereocenters. The predicted octanol–water partition coefficient (Wildman–Crippen LogP) is -0.127. The number of nitrogens with zero attached hydrogens (tertiary/aromatic N) is 5. The number of carbonyl (C=O) groups excluding carboxylic acids is 1. The normalized spacial score (nSPS) is 23.2. The van der Waals surface area contributed by atoms with Crippen LogP contribution in [0.3, 0.4) is 0 Å². The predicted molar refractivity (Wildman–Crippen MR) is 82.8 cm³/mol. The van der Waals surface area contributed by atoms with Crippen LogP contribution in [0.15, 0.2) is 12.4 Å². The Kier molecular flexibility index (Phi) is 4.03. The number of nitrogens with one attached hydrogen (secondary N) is 1. The number of hydrogen-bond acceptors (Lipinski definition) is 6. The van der Waals surface area contributed by atoms with Crippen molar-refractivity contribution in [2.24, 2.45) is 7.05 Å². The van der Waals surface area contributed by atoms with Crippen molar-refractivity contribution in [2.45, 2.75) is 38.2 Å². The van der Waals surface area contributed by atoms with Gasteiger partial charge in [0.05, 0.1) is 31.1 Å². The number of ether oxygens (including phenoxy) is 2. The molecule has 1 fully saturated rings. The van der Waals surface area contributed by atoms with E-state index in [1.807, 2.05) is 17.9 Å². The fourth-order valence-corrected chi connectivity index (χ4v) is 3.07. The molecule has 2 aromatic rings. The third-order valence-corrected chi connectivity index (χ3v) is 4.37. The first-order valence-electron chi connectivity index (χ1n) is 8.13. The molecule has 0 aliphatic carbocycles. The largest absolute Gasteiger partial charge is 0.368 e. The van der Waals surface area contributed by atoms with Crippen molar-refractivity contribution in [3.05, 3.63) is 18.1 Å². The van der Waals surface area contributed by atoms with Gasteiger partial charge in [-0.05, 0) is 12.8 Å². The molecule has 2 aromatic heterocycles. The highest BCUT2D eigenvalue weighted by molar-refractivity contribution is 5.80. The Hall–Kier alpha value is -2.26. The van der Waals surface area contributed by atoms with Crippen LogP contribution >= 0.6 is 0 Å². The number of aromatic nitrogens is 5. The summed E-state index contributed by atoms with van der Waals surface area (Å²) in [7, 11) is 1.86. The molecule has 1 saturated heterocycles. The molecule has 1 amide bonds. The van der Waals surface area contributed by atoms with Gasteiger partial charge in [0.1, 0.15) is 11.8 Å². The zero-order valence-corrected chi connectivity index (χ0v) is 13.5. The lowest BCUT2D eigenvalue weighted by Crippen LogP contribution is -2.42. The first-order valence-corrected chi connectivity index (χ1v) is 8.13. The molecule has 9 nitrogen and oxygen atoms in total. The Morgan fingerprint density at radius 2 is 2.38 bits per heavy atom. The van der Waals surface area contributed by atoms with Crippen LogP contribution in [-0.4, -0.2) is 56.0 Å². The van der Waals surface area contributed by atoms with Crippen LogP contribution in [0.4, 0.5) is 0 Å². The van der Waals surface area contributed by atoms with Gasteiger partial charge in [0.15, 0.2) is 0 Å². The Labute approximate surface area is 138 Å². The molecule has 2 aliphatic rings. The van der Waals surface area contributed by atoms with Gasteiger partial charge in [0.2, 0.25) is 5.91 Å². The van der Waals surface area contributed by atoms with Gasteiger partial charge in [-0.25, -0.2) is 4.68 Å². The second kappa shape index (κ2) is 6.33. The third-order valence-electron chi connectivity index (χ3n) is 4.37. The van der Waals surface area contributed by atoms with Crippen molar-refractivity contribution < 1.29 is 14.3 Å². The number of fused-ring (bicyclic) bond motifs is 1. The summed E-state index contributed by atoms with van der Waals surface area (Å²) in [5.41, 5.74) is 2.65. The summed E-state index contributed by atoms with van der Waals surface area (Å²) < 4.78 is 14.8. The van der Waals surface area contributed by atoms with Gasteiger partial charge in [-0.3, -0.25) is 9.48 Å². The van der Waals surface area contributed by atoms with E-state index in [1.54, 1.807) is 10.9 Å². The monoisotopic (exact) mass is 332 g/mol. The highest BCUT2D eigenvalue weighted by Crippen LogP contribution is 2.24.